The predicted octanol–water partition coefficient (Wildman–Crippen LogP) is 1.84. The Kier molecular flexibility index (Phi) is 3.76. The van der Waals surface area contributed by atoms with Gasteiger partial charge in [-0.3, -0.25) is 0 Å². The summed E-state index contributed by atoms with van der Waals surface area (Å²) in [5.74, 6) is 0. The van der Waals surface area contributed by atoms with Gasteiger partial charge in [-0.15, -0.1) is 0 Å². The van der Waals surface area contributed by atoms with Gasteiger partial charge in [-0.05, 0) is 30.3 Å². The minimum absolute atomic E-state index is 0.799. The lowest BCUT2D eigenvalue weighted by Gasteiger charge is -2.33. The molecule has 100 valence electrons. The molecule has 0 saturated carbocycles. The van der Waals surface area contributed by atoms with Crippen LogP contribution in [0.1, 0.15) is 5.56 Å². The van der Waals surface area contributed by atoms with E-state index >= 15 is 0 Å². The molecule has 0 radical (unpaired) electrons. The van der Waals surface area contributed by atoms with E-state index in [-0.39, 0.29) is 0 Å². The van der Waals surface area contributed by atoms with Crippen molar-refractivity contribution in [2.45, 2.75) is 6.54 Å². The number of anilines is 1. The average Bonchev–Trinajstić information content (AvgIpc) is 2.94. The lowest BCUT2D eigenvalue weighted by atomic mass is 10.2. The molecule has 0 amide bonds. The van der Waals surface area contributed by atoms with Gasteiger partial charge in [0.1, 0.15) is 6.54 Å². The maximum atomic E-state index is 5.92. The largest absolute Gasteiger partial charge is 0.472 e. The Morgan fingerprint density at radius 2 is 1.84 bits per heavy atom. The van der Waals surface area contributed by atoms with Crippen molar-refractivity contribution in [1.29, 1.82) is 0 Å². The van der Waals surface area contributed by atoms with Gasteiger partial charge in [-0.2, -0.15) is 0 Å². The van der Waals surface area contributed by atoms with Crippen LogP contribution in [0.5, 0.6) is 0 Å². The molecule has 1 fully saturated rings. The molecule has 1 aliphatic rings. The number of rotatable bonds is 3. The highest BCUT2D eigenvalue weighted by Gasteiger charge is 2.20. The van der Waals surface area contributed by atoms with Crippen LogP contribution in [0.2, 0.25) is 5.02 Å². The fraction of sp³-hybridized carbons (Fsp3) is 0.333. The SMILES string of the molecule is Clc1ccc(N2CC[NH+](Cc3ccoc3)CC2)cc1. The number of nitrogens with zero attached hydrogens (tertiary/aromatic N) is 1. The van der Waals surface area contributed by atoms with Crippen molar-refractivity contribution >= 4 is 17.3 Å². The van der Waals surface area contributed by atoms with Gasteiger partial charge in [0.05, 0.1) is 38.7 Å². The zero-order valence-corrected chi connectivity index (χ0v) is 11.6. The second-order valence-corrected chi connectivity index (χ2v) is 5.46. The molecule has 1 aromatic carbocycles. The third-order valence-corrected chi connectivity index (χ3v) is 3.95. The van der Waals surface area contributed by atoms with Crippen molar-refractivity contribution in [3.8, 4) is 0 Å². The molecule has 0 bridgehead atoms. The summed E-state index contributed by atoms with van der Waals surface area (Å²) in [6.45, 7) is 5.57. The first-order valence-corrected chi connectivity index (χ1v) is 7.04. The van der Waals surface area contributed by atoms with E-state index in [4.69, 9.17) is 16.0 Å². The van der Waals surface area contributed by atoms with Gasteiger partial charge in [-0.1, -0.05) is 11.6 Å². The molecule has 4 heteroatoms. The van der Waals surface area contributed by atoms with Crippen LogP contribution in [-0.4, -0.2) is 26.2 Å². The summed E-state index contributed by atoms with van der Waals surface area (Å²) in [6.07, 6.45) is 3.59. The molecule has 0 aliphatic carbocycles. The molecule has 3 rings (SSSR count). The fourth-order valence-corrected chi connectivity index (χ4v) is 2.72. The first-order valence-electron chi connectivity index (χ1n) is 6.66. The fourth-order valence-electron chi connectivity index (χ4n) is 2.59. The first kappa shape index (κ1) is 12.6. The Morgan fingerprint density at radius 3 is 2.47 bits per heavy atom. The molecular weight excluding hydrogens is 260 g/mol. The summed E-state index contributed by atoms with van der Waals surface area (Å²) in [7, 11) is 0. The van der Waals surface area contributed by atoms with E-state index in [1.54, 1.807) is 11.2 Å². The van der Waals surface area contributed by atoms with Crippen LogP contribution in [0.4, 0.5) is 5.69 Å². The van der Waals surface area contributed by atoms with Gasteiger partial charge in [0, 0.05) is 16.3 Å². The molecule has 0 unspecified atom stereocenters. The molecule has 1 aliphatic heterocycles. The number of piperazine rings is 1. The van der Waals surface area contributed by atoms with E-state index in [9.17, 15) is 0 Å². The minimum atomic E-state index is 0.799. The van der Waals surface area contributed by atoms with Gasteiger partial charge < -0.3 is 14.2 Å². The Labute approximate surface area is 118 Å². The summed E-state index contributed by atoms with van der Waals surface area (Å²) < 4.78 is 5.12. The molecule has 0 atom stereocenters. The van der Waals surface area contributed by atoms with Gasteiger partial charge in [-0.25, -0.2) is 0 Å². The molecule has 19 heavy (non-hydrogen) atoms. The first-order chi connectivity index (χ1) is 9.31. The Balaban J connectivity index is 1.56. The number of benzene rings is 1. The number of quaternary nitrogens is 1. The van der Waals surface area contributed by atoms with Crippen molar-refractivity contribution in [3.05, 3.63) is 53.4 Å². The van der Waals surface area contributed by atoms with Crippen molar-refractivity contribution in [2.75, 3.05) is 31.1 Å². The third-order valence-electron chi connectivity index (χ3n) is 3.70. The number of halogens is 1. The molecule has 0 spiro atoms. The van der Waals surface area contributed by atoms with Gasteiger partial charge >= 0.3 is 0 Å². The molecule has 3 nitrogen and oxygen atoms in total. The Bertz CT molecular complexity index is 501. The highest BCUT2D eigenvalue weighted by atomic mass is 35.5. The smallest absolute Gasteiger partial charge is 0.106 e. The maximum absolute atomic E-state index is 5.92. The normalized spacial score (nSPS) is 16.8. The van der Waals surface area contributed by atoms with Crippen LogP contribution in [-0.2, 0) is 6.54 Å². The standard InChI is InChI=1S/C15H17ClN2O/c16-14-1-3-15(4-2-14)18-8-6-17(7-9-18)11-13-5-10-19-12-13/h1-5,10,12H,6-9,11H2/p+1. The minimum Gasteiger partial charge on any atom is -0.472 e. The topological polar surface area (TPSA) is 20.8 Å². The monoisotopic (exact) mass is 277 g/mol. The predicted molar refractivity (Wildman–Crippen MR) is 76.8 cm³/mol. The van der Waals surface area contributed by atoms with E-state index < -0.39 is 0 Å². The molecule has 1 saturated heterocycles. The van der Waals surface area contributed by atoms with Crippen molar-refractivity contribution in [3.63, 3.8) is 0 Å². The van der Waals surface area contributed by atoms with Gasteiger partial charge in [0.25, 0.3) is 0 Å². The summed E-state index contributed by atoms with van der Waals surface area (Å²) >= 11 is 5.92. The number of nitrogens with one attached hydrogen (secondary N) is 1. The average molecular weight is 278 g/mol. The molecule has 1 aromatic heterocycles. The number of furan rings is 1. The van der Waals surface area contributed by atoms with E-state index in [0.717, 1.165) is 37.7 Å². The van der Waals surface area contributed by atoms with Crippen molar-refractivity contribution < 1.29 is 9.32 Å². The summed E-state index contributed by atoms with van der Waals surface area (Å²) in [6, 6.07) is 10.2. The number of hydrogen-bond acceptors (Lipinski definition) is 2. The second-order valence-electron chi connectivity index (χ2n) is 5.02. The maximum Gasteiger partial charge on any atom is 0.106 e. The van der Waals surface area contributed by atoms with Crippen LogP contribution in [0.3, 0.4) is 0 Å². The van der Waals surface area contributed by atoms with Gasteiger partial charge in [0.15, 0.2) is 0 Å². The Hall–Kier alpha value is -1.45. The van der Waals surface area contributed by atoms with E-state index in [2.05, 4.69) is 23.1 Å². The van der Waals surface area contributed by atoms with Crippen LogP contribution in [0, 0.1) is 0 Å². The highest BCUT2D eigenvalue weighted by molar-refractivity contribution is 6.30. The van der Waals surface area contributed by atoms with Crippen LogP contribution in [0.15, 0.2) is 47.3 Å². The van der Waals surface area contributed by atoms with E-state index in [0.29, 0.717) is 0 Å². The highest BCUT2D eigenvalue weighted by Crippen LogP contribution is 2.17. The lowest BCUT2D eigenvalue weighted by Crippen LogP contribution is -3.13. The van der Waals surface area contributed by atoms with Crippen molar-refractivity contribution in [1.82, 2.24) is 0 Å². The van der Waals surface area contributed by atoms with Gasteiger partial charge in [0.2, 0.25) is 0 Å². The van der Waals surface area contributed by atoms with Crippen LogP contribution >= 0.6 is 11.6 Å². The van der Waals surface area contributed by atoms with Crippen molar-refractivity contribution in [2.24, 2.45) is 0 Å². The summed E-state index contributed by atoms with van der Waals surface area (Å²) in [4.78, 5) is 4.04. The molecule has 1 N–H and O–H groups in total. The zero-order valence-electron chi connectivity index (χ0n) is 10.8. The van der Waals surface area contributed by atoms with E-state index in [1.165, 1.54) is 11.3 Å². The Morgan fingerprint density at radius 1 is 1.11 bits per heavy atom. The van der Waals surface area contributed by atoms with Crippen LogP contribution in [0.25, 0.3) is 0 Å². The van der Waals surface area contributed by atoms with Crippen LogP contribution < -0.4 is 9.80 Å². The second kappa shape index (κ2) is 5.68. The summed E-state index contributed by atoms with van der Waals surface area (Å²) in [5.41, 5.74) is 2.56. The number of hydrogen-bond donors (Lipinski definition) is 1. The quantitative estimate of drug-likeness (QED) is 0.924. The molecule has 2 heterocycles. The zero-order chi connectivity index (χ0) is 13.1. The summed E-state index contributed by atoms with van der Waals surface area (Å²) in [5, 5.41) is 0.799. The lowest BCUT2D eigenvalue weighted by molar-refractivity contribution is -0.914. The molecule has 2 aromatic rings. The third kappa shape index (κ3) is 3.11. The van der Waals surface area contributed by atoms with E-state index in [1.807, 2.05) is 18.4 Å². The molecular formula is C15H18ClN2O+.